The molecule has 0 amide bonds. The zero-order valence-electron chi connectivity index (χ0n) is 19.2. The molecule has 0 radical (unpaired) electrons. The lowest BCUT2D eigenvalue weighted by Crippen LogP contribution is -2.53. The fourth-order valence-corrected chi connectivity index (χ4v) is 4.75. The van der Waals surface area contributed by atoms with Gasteiger partial charge in [0.1, 0.15) is 17.6 Å². The van der Waals surface area contributed by atoms with Crippen molar-refractivity contribution in [1.29, 1.82) is 0 Å². The first-order valence-electron chi connectivity index (χ1n) is 11.7. The second-order valence-electron chi connectivity index (χ2n) is 8.90. The number of hydrogen-bond acceptors (Lipinski definition) is 9. The molecule has 2 fully saturated rings. The Morgan fingerprint density at radius 1 is 1.14 bits per heavy atom. The Morgan fingerprint density at radius 2 is 1.97 bits per heavy atom. The molecule has 0 spiro atoms. The molecule has 6 heterocycles. The van der Waals surface area contributed by atoms with E-state index in [1.54, 1.807) is 23.7 Å². The standard InChI is InChI=1S/C22H26F2N10O/c1-25-20-19-15(16-2-3-17-21(27-16)34(31-29-17)10-18(23)24)6-9-33(19)30-22(28-20)26-13-4-7-32(8-5-13)14-11-35-12-14/h2-3,6,9,13-14,18H,4-5,7-8,10-12H2,1H3,(H2,25,26,28,30). The van der Waals surface area contributed by atoms with Crippen LogP contribution in [0.25, 0.3) is 27.9 Å². The third kappa shape index (κ3) is 4.14. The zero-order valence-corrected chi connectivity index (χ0v) is 19.2. The summed E-state index contributed by atoms with van der Waals surface area (Å²) in [4.78, 5) is 11.8. The van der Waals surface area contributed by atoms with Crippen molar-refractivity contribution in [2.24, 2.45) is 0 Å². The highest BCUT2D eigenvalue weighted by atomic mass is 19.3. The molecule has 6 rings (SSSR count). The number of pyridine rings is 1. The lowest BCUT2D eigenvalue weighted by molar-refractivity contribution is -0.0705. The summed E-state index contributed by atoms with van der Waals surface area (Å²) >= 11 is 0. The molecule has 2 N–H and O–H groups in total. The third-order valence-corrected chi connectivity index (χ3v) is 6.69. The van der Waals surface area contributed by atoms with Gasteiger partial charge in [0.05, 0.1) is 24.9 Å². The van der Waals surface area contributed by atoms with Gasteiger partial charge in [0.25, 0.3) is 6.43 Å². The van der Waals surface area contributed by atoms with Crippen molar-refractivity contribution in [2.45, 2.75) is 37.9 Å². The maximum atomic E-state index is 12.9. The molecule has 35 heavy (non-hydrogen) atoms. The molecule has 184 valence electrons. The van der Waals surface area contributed by atoms with Gasteiger partial charge in [-0.1, -0.05) is 5.21 Å². The van der Waals surface area contributed by atoms with Gasteiger partial charge in [0, 0.05) is 37.9 Å². The van der Waals surface area contributed by atoms with E-state index < -0.39 is 13.0 Å². The van der Waals surface area contributed by atoms with Crippen LogP contribution < -0.4 is 10.6 Å². The van der Waals surface area contributed by atoms with Crippen LogP contribution in [-0.2, 0) is 11.3 Å². The van der Waals surface area contributed by atoms with Crippen molar-refractivity contribution in [3.8, 4) is 11.3 Å². The van der Waals surface area contributed by atoms with E-state index in [9.17, 15) is 8.78 Å². The van der Waals surface area contributed by atoms with Crippen LogP contribution in [0.3, 0.4) is 0 Å². The summed E-state index contributed by atoms with van der Waals surface area (Å²) < 4.78 is 34.1. The maximum Gasteiger partial charge on any atom is 0.258 e. The highest BCUT2D eigenvalue weighted by Crippen LogP contribution is 2.30. The average Bonchev–Trinajstić information content (AvgIpc) is 3.42. The van der Waals surface area contributed by atoms with Crippen molar-refractivity contribution in [3.63, 3.8) is 0 Å². The van der Waals surface area contributed by atoms with Crippen LogP contribution >= 0.6 is 0 Å². The zero-order chi connectivity index (χ0) is 23.9. The highest BCUT2D eigenvalue weighted by molar-refractivity contribution is 5.89. The van der Waals surface area contributed by atoms with Gasteiger partial charge in [-0.15, -0.1) is 10.2 Å². The number of piperidine rings is 1. The molecule has 2 aliphatic heterocycles. The van der Waals surface area contributed by atoms with E-state index in [1.165, 1.54) is 0 Å². The normalized spacial score (nSPS) is 17.9. The Bertz CT molecular complexity index is 1340. The second-order valence-corrected chi connectivity index (χ2v) is 8.90. The van der Waals surface area contributed by atoms with Crippen LogP contribution in [-0.4, -0.2) is 91.3 Å². The Hall–Kier alpha value is -3.45. The van der Waals surface area contributed by atoms with Crippen LogP contribution in [0.15, 0.2) is 24.4 Å². The van der Waals surface area contributed by atoms with Crippen molar-refractivity contribution in [1.82, 2.24) is 39.5 Å². The first kappa shape index (κ1) is 22.0. The van der Waals surface area contributed by atoms with Crippen molar-refractivity contribution in [2.75, 3.05) is 44.0 Å². The number of hydrogen-bond donors (Lipinski definition) is 2. The Labute approximate surface area is 199 Å². The molecule has 4 aromatic rings. The fourth-order valence-electron chi connectivity index (χ4n) is 4.75. The van der Waals surface area contributed by atoms with Gasteiger partial charge in [-0.3, -0.25) is 4.90 Å². The van der Waals surface area contributed by atoms with Gasteiger partial charge in [0.2, 0.25) is 5.95 Å². The van der Waals surface area contributed by atoms with Crippen LogP contribution in [0.1, 0.15) is 12.8 Å². The number of alkyl halides is 2. The number of likely N-dealkylation sites (tertiary alicyclic amines) is 1. The topological polar surface area (TPSA) is 110 Å². The van der Waals surface area contributed by atoms with Gasteiger partial charge < -0.3 is 15.4 Å². The molecule has 0 aromatic carbocycles. The summed E-state index contributed by atoms with van der Waals surface area (Å²) in [6.07, 6.45) is 1.34. The number of ether oxygens (including phenoxy) is 1. The molecule has 2 saturated heterocycles. The second kappa shape index (κ2) is 8.96. The average molecular weight is 485 g/mol. The van der Waals surface area contributed by atoms with Gasteiger partial charge in [-0.2, -0.15) is 4.98 Å². The van der Waals surface area contributed by atoms with Gasteiger partial charge in [-0.25, -0.2) is 23.0 Å². The fraction of sp³-hybridized carbons (Fsp3) is 0.500. The Kier molecular flexibility index (Phi) is 5.65. The molecule has 0 aliphatic carbocycles. The molecule has 0 unspecified atom stereocenters. The predicted molar refractivity (Wildman–Crippen MR) is 126 cm³/mol. The van der Waals surface area contributed by atoms with Crippen molar-refractivity contribution in [3.05, 3.63) is 24.4 Å². The number of nitrogens with one attached hydrogen (secondary N) is 2. The van der Waals surface area contributed by atoms with Gasteiger partial charge in [0.15, 0.2) is 11.5 Å². The smallest absolute Gasteiger partial charge is 0.258 e. The minimum Gasteiger partial charge on any atom is -0.378 e. The summed E-state index contributed by atoms with van der Waals surface area (Å²) in [6.45, 7) is 3.19. The van der Waals surface area contributed by atoms with E-state index in [2.05, 4.69) is 35.9 Å². The number of halogens is 2. The van der Waals surface area contributed by atoms with E-state index in [0.29, 0.717) is 40.7 Å². The summed E-state index contributed by atoms with van der Waals surface area (Å²) in [5.41, 5.74) is 2.91. The lowest BCUT2D eigenvalue weighted by atomic mass is 10.0. The molecule has 0 saturated carbocycles. The Morgan fingerprint density at radius 3 is 2.69 bits per heavy atom. The van der Waals surface area contributed by atoms with E-state index in [0.717, 1.165) is 54.9 Å². The third-order valence-electron chi connectivity index (χ3n) is 6.69. The number of rotatable bonds is 7. The lowest BCUT2D eigenvalue weighted by Gasteiger charge is -2.41. The predicted octanol–water partition coefficient (Wildman–Crippen LogP) is 2.12. The van der Waals surface area contributed by atoms with Crippen molar-refractivity contribution < 1.29 is 13.5 Å². The summed E-state index contributed by atoms with van der Waals surface area (Å²) in [5.74, 6) is 1.20. The van der Waals surface area contributed by atoms with E-state index in [1.807, 2.05) is 12.3 Å². The Balaban J connectivity index is 1.27. The van der Waals surface area contributed by atoms with Gasteiger partial charge >= 0.3 is 0 Å². The highest BCUT2D eigenvalue weighted by Gasteiger charge is 2.30. The molecule has 13 heteroatoms. The van der Waals surface area contributed by atoms with Crippen LogP contribution in [0, 0.1) is 0 Å². The molecule has 11 nitrogen and oxygen atoms in total. The van der Waals surface area contributed by atoms with Crippen LogP contribution in [0.4, 0.5) is 20.5 Å². The minimum absolute atomic E-state index is 0.302. The minimum atomic E-state index is -2.55. The SMILES string of the molecule is CNc1nc(NC2CCN(C3COC3)CC2)nn2ccc(-c3ccc4nnn(CC(F)F)c4n3)c12. The van der Waals surface area contributed by atoms with E-state index in [4.69, 9.17) is 9.72 Å². The number of anilines is 2. The quantitative estimate of drug-likeness (QED) is 0.408. The molecule has 0 bridgehead atoms. The number of fused-ring (bicyclic) bond motifs is 2. The summed E-state index contributed by atoms with van der Waals surface area (Å²) in [7, 11) is 1.81. The van der Waals surface area contributed by atoms with Crippen molar-refractivity contribution >= 4 is 28.4 Å². The molecule has 2 aliphatic rings. The first-order chi connectivity index (χ1) is 17.1. The maximum absolute atomic E-state index is 12.9. The first-order valence-corrected chi connectivity index (χ1v) is 11.7. The van der Waals surface area contributed by atoms with Crippen LogP contribution in [0.5, 0.6) is 0 Å². The monoisotopic (exact) mass is 484 g/mol. The largest absolute Gasteiger partial charge is 0.378 e. The van der Waals surface area contributed by atoms with Crippen LogP contribution in [0.2, 0.25) is 0 Å². The number of nitrogens with zero attached hydrogens (tertiary/aromatic N) is 8. The summed E-state index contributed by atoms with van der Waals surface area (Å²) in [6, 6.07) is 6.29. The number of aromatic nitrogens is 7. The van der Waals surface area contributed by atoms with E-state index in [-0.39, 0.29) is 0 Å². The molecular weight excluding hydrogens is 458 g/mol. The molecular formula is C22H26F2N10O. The summed E-state index contributed by atoms with van der Waals surface area (Å²) in [5, 5.41) is 19.1. The molecule has 0 atom stereocenters. The van der Waals surface area contributed by atoms with Gasteiger partial charge in [-0.05, 0) is 31.0 Å². The van der Waals surface area contributed by atoms with E-state index >= 15 is 0 Å². The molecule has 4 aromatic heterocycles.